The standard InChI is InChI=1S/C14H16NO5/c1-15(10-14(18)19,13(17)8-5-9-16)20-11-12-6-3-2-4-7-12/h2-4,6-7H,5,8,10-11H2,1H3/p+1. The summed E-state index contributed by atoms with van der Waals surface area (Å²) in [4.78, 5) is 38.5. The van der Waals surface area contributed by atoms with Crippen LogP contribution in [-0.2, 0) is 25.8 Å². The van der Waals surface area contributed by atoms with Crippen molar-refractivity contribution in [2.75, 3.05) is 13.6 Å². The van der Waals surface area contributed by atoms with E-state index in [1.165, 1.54) is 7.05 Å². The third-order valence-corrected chi connectivity index (χ3v) is 2.76. The van der Waals surface area contributed by atoms with Crippen LogP contribution >= 0.6 is 0 Å². The van der Waals surface area contributed by atoms with Crippen molar-refractivity contribution in [3.05, 3.63) is 35.9 Å². The van der Waals surface area contributed by atoms with Crippen LogP contribution in [0.5, 0.6) is 0 Å². The number of quaternary nitrogens is 1. The second-order valence-electron chi connectivity index (χ2n) is 4.45. The Labute approximate surface area is 117 Å². The predicted molar refractivity (Wildman–Crippen MR) is 69.9 cm³/mol. The summed E-state index contributed by atoms with van der Waals surface area (Å²) in [6, 6.07) is 9.12. The Morgan fingerprint density at radius 3 is 2.50 bits per heavy atom. The average molecular weight is 279 g/mol. The Hall–Kier alpha value is -2.05. The van der Waals surface area contributed by atoms with Crippen LogP contribution in [0, 0.1) is 0 Å². The molecule has 0 fully saturated rings. The minimum Gasteiger partial charge on any atom is -0.477 e. The summed E-state index contributed by atoms with van der Waals surface area (Å²) in [5.74, 6) is -1.62. The van der Waals surface area contributed by atoms with Crippen molar-refractivity contribution < 1.29 is 29.0 Å². The van der Waals surface area contributed by atoms with Crippen molar-refractivity contribution in [3.8, 4) is 0 Å². The molecule has 1 radical (unpaired) electrons. The molecule has 1 rings (SSSR count). The van der Waals surface area contributed by atoms with Gasteiger partial charge in [0.2, 0.25) is 6.54 Å². The van der Waals surface area contributed by atoms with Gasteiger partial charge in [-0.1, -0.05) is 30.3 Å². The Morgan fingerprint density at radius 2 is 1.95 bits per heavy atom. The van der Waals surface area contributed by atoms with Gasteiger partial charge in [-0.3, -0.25) is 4.79 Å². The van der Waals surface area contributed by atoms with Crippen LogP contribution < -0.4 is 0 Å². The number of hydrogen-bond donors (Lipinski definition) is 1. The number of aliphatic carboxylic acids is 1. The van der Waals surface area contributed by atoms with Gasteiger partial charge in [0.15, 0.2) is 6.29 Å². The van der Waals surface area contributed by atoms with E-state index in [0.29, 0.717) is 0 Å². The van der Waals surface area contributed by atoms with Gasteiger partial charge in [-0.25, -0.2) is 9.59 Å². The lowest BCUT2D eigenvalue weighted by Gasteiger charge is -2.27. The first-order valence-corrected chi connectivity index (χ1v) is 6.12. The van der Waals surface area contributed by atoms with Crippen LogP contribution in [0.25, 0.3) is 0 Å². The molecule has 0 spiro atoms. The summed E-state index contributed by atoms with van der Waals surface area (Å²) < 4.78 is -0.702. The molecular weight excluding hydrogens is 262 g/mol. The highest BCUT2D eigenvalue weighted by Gasteiger charge is 2.36. The van der Waals surface area contributed by atoms with Gasteiger partial charge >= 0.3 is 11.9 Å². The van der Waals surface area contributed by atoms with Gasteiger partial charge in [0.1, 0.15) is 13.7 Å². The van der Waals surface area contributed by atoms with Gasteiger partial charge in [-0.05, 0) is 5.56 Å². The van der Waals surface area contributed by atoms with Gasteiger partial charge in [0.05, 0.1) is 6.42 Å². The average Bonchev–Trinajstić information content (AvgIpc) is 2.43. The number of amides is 1. The summed E-state index contributed by atoms with van der Waals surface area (Å²) in [6.45, 7) is -0.383. The minimum absolute atomic E-state index is 0.0685. The number of likely N-dealkylation sites (N-methyl/N-ethyl adjacent to an activating group) is 1. The van der Waals surface area contributed by atoms with E-state index < -0.39 is 23.1 Å². The lowest BCUT2D eigenvalue weighted by Crippen LogP contribution is -2.52. The molecule has 6 heteroatoms. The van der Waals surface area contributed by atoms with Gasteiger partial charge in [0.25, 0.3) is 0 Å². The van der Waals surface area contributed by atoms with Gasteiger partial charge in [0, 0.05) is 6.42 Å². The molecule has 1 unspecified atom stereocenters. The van der Waals surface area contributed by atoms with Gasteiger partial charge in [-0.15, -0.1) is 4.65 Å². The third-order valence-electron chi connectivity index (χ3n) is 2.76. The summed E-state index contributed by atoms with van der Waals surface area (Å²) in [5, 5.41) is 8.90. The van der Waals surface area contributed by atoms with Crippen LogP contribution in [0.3, 0.4) is 0 Å². The zero-order chi connectivity index (χ0) is 15.0. The lowest BCUT2D eigenvalue weighted by atomic mass is 10.2. The van der Waals surface area contributed by atoms with Crippen LogP contribution in [0.1, 0.15) is 18.4 Å². The predicted octanol–water partition coefficient (Wildman–Crippen LogP) is 1.07. The monoisotopic (exact) mass is 279 g/mol. The van der Waals surface area contributed by atoms with E-state index in [0.717, 1.165) is 5.56 Å². The zero-order valence-corrected chi connectivity index (χ0v) is 11.2. The molecule has 1 aromatic carbocycles. The third kappa shape index (κ3) is 4.91. The normalized spacial score (nSPS) is 13.4. The van der Waals surface area contributed by atoms with Crippen molar-refractivity contribution >= 4 is 18.2 Å². The smallest absolute Gasteiger partial charge is 0.362 e. The van der Waals surface area contributed by atoms with Crippen molar-refractivity contribution in [1.82, 2.24) is 0 Å². The molecule has 0 bridgehead atoms. The molecule has 0 aliphatic heterocycles. The number of hydroxylamine groups is 3. The highest BCUT2D eigenvalue weighted by atomic mass is 16.7. The first-order chi connectivity index (χ1) is 9.48. The van der Waals surface area contributed by atoms with Crippen molar-refractivity contribution in [1.29, 1.82) is 0 Å². The van der Waals surface area contributed by atoms with Gasteiger partial charge < -0.3 is 5.11 Å². The molecule has 0 saturated heterocycles. The molecule has 0 aromatic heterocycles. The summed E-state index contributed by atoms with van der Waals surface area (Å²) in [7, 11) is 1.38. The molecule has 1 amide bonds. The van der Waals surface area contributed by atoms with E-state index >= 15 is 0 Å². The van der Waals surface area contributed by atoms with E-state index in [1.807, 2.05) is 30.3 Å². The molecule has 0 heterocycles. The number of nitrogens with zero attached hydrogens (tertiary/aromatic N) is 1. The fourth-order valence-electron chi connectivity index (χ4n) is 1.65. The Kier molecular flexibility index (Phi) is 6.02. The maximum Gasteiger partial charge on any atom is 0.362 e. The Morgan fingerprint density at radius 1 is 1.30 bits per heavy atom. The number of benzene rings is 1. The number of hydrogen-bond acceptors (Lipinski definition) is 4. The minimum atomic E-state index is -1.15. The SMILES string of the molecule is C[N+](CC(=O)O)(OCc1ccccc1)C(=O)CC[C]=O. The summed E-state index contributed by atoms with van der Waals surface area (Å²) >= 11 is 0. The lowest BCUT2D eigenvalue weighted by molar-refractivity contribution is -1.03. The summed E-state index contributed by atoms with van der Waals surface area (Å²) in [6.07, 6.45) is 1.45. The fourth-order valence-corrected chi connectivity index (χ4v) is 1.65. The maximum atomic E-state index is 12.0. The van der Waals surface area contributed by atoms with E-state index in [9.17, 15) is 14.4 Å². The van der Waals surface area contributed by atoms with E-state index in [-0.39, 0.29) is 19.4 Å². The van der Waals surface area contributed by atoms with E-state index in [4.69, 9.17) is 9.94 Å². The maximum absolute atomic E-state index is 12.0. The van der Waals surface area contributed by atoms with Crippen molar-refractivity contribution in [3.63, 3.8) is 0 Å². The quantitative estimate of drug-likeness (QED) is 0.568. The molecule has 1 N–H and O–H groups in total. The van der Waals surface area contributed by atoms with Crippen LogP contribution in [0.2, 0.25) is 0 Å². The fraction of sp³-hybridized carbons (Fsp3) is 0.357. The number of rotatable bonds is 8. The first kappa shape index (κ1) is 16.0. The Balaban J connectivity index is 2.74. The summed E-state index contributed by atoms with van der Waals surface area (Å²) in [5.41, 5.74) is 0.831. The van der Waals surface area contributed by atoms with E-state index in [2.05, 4.69) is 0 Å². The molecule has 1 aromatic rings. The molecule has 0 aliphatic carbocycles. The Bertz CT molecular complexity index is 474. The van der Waals surface area contributed by atoms with Crippen molar-refractivity contribution in [2.24, 2.45) is 0 Å². The first-order valence-electron chi connectivity index (χ1n) is 6.12. The highest BCUT2D eigenvalue weighted by Crippen LogP contribution is 2.12. The van der Waals surface area contributed by atoms with Crippen LogP contribution in [0.4, 0.5) is 0 Å². The topological polar surface area (TPSA) is 80.7 Å². The van der Waals surface area contributed by atoms with Crippen LogP contribution in [-0.4, -0.2) is 41.5 Å². The molecule has 1 atom stereocenters. The molecule has 20 heavy (non-hydrogen) atoms. The molecule has 0 aliphatic rings. The largest absolute Gasteiger partial charge is 0.477 e. The van der Waals surface area contributed by atoms with Crippen LogP contribution in [0.15, 0.2) is 30.3 Å². The molecule has 0 saturated carbocycles. The second-order valence-corrected chi connectivity index (χ2v) is 4.45. The zero-order valence-electron chi connectivity index (χ0n) is 11.2. The van der Waals surface area contributed by atoms with Gasteiger partial charge in [-0.2, -0.15) is 4.84 Å². The molecule has 107 valence electrons. The second kappa shape index (κ2) is 7.52. The number of carboxylic acids is 1. The number of carboxylic acid groups (broad SMARTS) is 1. The molecular formula is C14H17NO5+. The number of carbonyl (C=O) groups excluding carboxylic acids is 2. The molecule has 6 nitrogen and oxygen atoms in total. The number of carbonyl (C=O) groups is 2. The highest BCUT2D eigenvalue weighted by molar-refractivity contribution is 5.75. The van der Waals surface area contributed by atoms with Crippen molar-refractivity contribution in [2.45, 2.75) is 19.4 Å². The van der Waals surface area contributed by atoms with E-state index in [1.54, 1.807) is 6.29 Å².